The number of carboxylic acid groups (broad SMARTS) is 1. The van der Waals surface area contributed by atoms with Crippen LogP contribution in [0.25, 0.3) is 0 Å². The average molecular weight is 194 g/mol. The van der Waals surface area contributed by atoms with Crippen molar-refractivity contribution in [1.82, 2.24) is 9.78 Å². The van der Waals surface area contributed by atoms with Crippen LogP contribution in [-0.4, -0.2) is 20.9 Å². The number of aliphatic carboxylic acids is 1. The molecule has 0 bridgehead atoms. The second kappa shape index (κ2) is 3.44. The molecule has 2 rings (SSSR count). The minimum atomic E-state index is -0.655. The highest BCUT2D eigenvalue weighted by Gasteiger charge is 2.42. The van der Waals surface area contributed by atoms with Crippen LogP contribution < -0.4 is 0 Å². The van der Waals surface area contributed by atoms with Crippen molar-refractivity contribution in [3.05, 3.63) is 18.0 Å². The number of nitrogens with zero attached hydrogens (tertiary/aromatic N) is 2. The maximum absolute atomic E-state index is 10.6. The van der Waals surface area contributed by atoms with E-state index >= 15 is 0 Å². The molecule has 14 heavy (non-hydrogen) atoms. The van der Waals surface area contributed by atoms with Gasteiger partial charge in [0.05, 0.1) is 12.1 Å². The van der Waals surface area contributed by atoms with Crippen molar-refractivity contribution >= 4 is 5.97 Å². The van der Waals surface area contributed by atoms with Gasteiger partial charge in [-0.15, -0.1) is 0 Å². The van der Waals surface area contributed by atoms with Crippen molar-refractivity contribution in [1.29, 1.82) is 0 Å². The third kappa shape index (κ3) is 1.78. The zero-order chi connectivity index (χ0) is 10.1. The van der Waals surface area contributed by atoms with Crippen LogP contribution in [0.5, 0.6) is 0 Å². The first kappa shape index (κ1) is 9.24. The fourth-order valence-electron chi connectivity index (χ4n) is 1.76. The van der Waals surface area contributed by atoms with E-state index in [0.717, 1.165) is 24.9 Å². The highest BCUT2D eigenvalue weighted by atomic mass is 16.4. The molecular formula is C10H14N2O2. The summed E-state index contributed by atoms with van der Waals surface area (Å²) in [7, 11) is 0. The van der Waals surface area contributed by atoms with Crippen molar-refractivity contribution in [2.24, 2.45) is 11.8 Å². The minimum Gasteiger partial charge on any atom is -0.481 e. The van der Waals surface area contributed by atoms with Crippen LogP contribution in [-0.2, 0) is 17.8 Å². The number of hydrogen-bond acceptors (Lipinski definition) is 2. The van der Waals surface area contributed by atoms with E-state index in [9.17, 15) is 4.79 Å². The summed E-state index contributed by atoms with van der Waals surface area (Å²) < 4.78 is 1.87. The number of aryl methyl sites for hydroxylation is 1. The van der Waals surface area contributed by atoms with E-state index in [4.69, 9.17) is 5.11 Å². The number of rotatable bonds is 4. The summed E-state index contributed by atoms with van der Waals surface area (Å²) in [6.07, 6.45) is 5.52. The molecule has 1 fully saturated rings. The zero-order valence-corrected chi connectivity index (χ0v) is 8.18. The third-order valence-corrected chi connectivity index (χ3v) is 2.75. The summed E-state index contributed by atoms with van der Waals surface area (Å²) in [4.78, 5) is 10.6. The van der Waals surface area contributed by atoms with Crippen molar-refractivity contribution in [2.75, 3.05) is 0 Å². The molecule has 1 saturated carbocycles. The van der Waals surface area contributed by atoms with Gasteiger partial charge in [0.2, 0.25) is 0 Å². The van der Waals surface area contributed by atoms with Crippen molar-refractivity contribution in [3.63, 3.8) is 0 Å². The Kier molecular flexibility index (Phi) is 2.27. The predicted octanol–water partition coefficient (Wildman–Crippen LogP) is 1.17. The SMILES string of the molecule is CCn1cc(C[C@H]2C[C@H]2C(=O)O)cn1. The van der Waals surface area contributed by atoms with Crippen molar-refractivity contribution in [3.8, 4) is 0 Å². The second-order valence-electron chi connectivity index (χ2n) is 3.85. The molecule has 0 radical (unpaired) electrons. The molecule has 1 aliphatic carbocycles. The second-order valence-corrected chi connectivity index (χ2v) is 3.85. The molecule has 1 aromatic rings. The van der Waals surface area contributed by atoms with E-state index in [1.54, 1.807) is 0 Å². The van der Waals surface area contributed by atoms with Gasteiger partial charge in [-0.2, -0.15) is 5.10 Å². The van der Waals surface area contributed by atoms with Crippen molar-refractivity contribution < 1.29 is 9.90 Å². The van der Waals surface area contributed by atoms with Crippen LogP contribution >= 0.6 is 0 Å². The van der Waals surface area contributed by atoms with Gasteiger partial charge in [-0.25, -0.2) is 0 Å². The molecular weight excluding hydrogens is 180 g/mol. The Balaban J connectivity index is 1.90. The van der Waals surface area contributed by atoms with E-state index < -0.39 is 5.97 Å². The summed E-state index contributed by atoms with van der Waals surface area (Å²) in [6, 6.07) is 0. The number of carboxylic acids is 1. The topological polar surface area (TPSA) is 55.1 Å². The van der Waals surface area contributed by atoms with E-state index in [1.165, 1.54) is 0 Å². The average Bonchev–Trinajstić information content (AvgIpc) is 2.76. The molecule has 0 spiro atoms. The summed E-state index contributed by atoms with van der Waals surface area (Å²) in [5.41, 5.74) is 1.15. The normalized spacial score (nSPS) is 24.9. The lowest BCUT2D eigenvalue weighted by atomic mass is 10.1. The molecule has 4 heteroatoms. The zero-order valence-electron chi connectivity index (χ0n) is 8.18. The fraction of sp³-hybridized carbons (Fsp3) is 0.600. The Bertz CT molecular complexity index is 346. The van der Waals surface area contributed by atoms with Crippen LogP contribution in [0, 0.1) is 11.8 Å². The van der Waals surface area contributed by atoms with Crippen LogP contribution in [0.1, 0.15) is 18.9 Å². The van der Waals surface area contributed by atoms with Gasteiger partial charge in [0.25, 0.3) is 0 Å². The Labute approximate surface area is 82.5 Å². The molecule has 0 aliphatic heterocycles. The van der Waals surface area contributed by atoms with Crippen LogP contribution in [0.2, 0.25) is 0 Å². The molecule has 0 unspecified atom stereocenters. The smallest absolute Gasteiger partial charge is 0.306 e. The molecule has 0 amide bonds. The minimum absolute atomic E-state index is 0.111. The Morgan fingerprint density at radius 1 is 1.79 bits per heavy atom. The summed E-state index contributed by atoms with van der Waals surface area (Å²) in [5.74, 6) is -0.431. The van der Waals surface area contributed by atoms with Gasteiger partial charge < -0.3 is 5.11 Å². The molecule has 4 nitrogen and oxygen atoms in total. The van der Waals surface area contributed by atoms with E-state index in [1.807, 2.05) is 24.0 Å². The summed E-state index contributed by atoms with van der Waals surface area (Å²) in [5, 5.41) is 12.9. The maximum Gasteiger partial charge on any atom is 0.306 e. The largest absolute Gasteiger partial charge is 0.481 e. The Hall–Kier alpha value is -1.32. The maximum atomic E-state index is 10.6. The lowest BCUT2D eigenvalue weighted by molar-refractivity contribution is -0.138. The van der Waals surface area contributed by atoms with Gasteiger partial charge in [-0.1, -0.05) is 0 Å². The number of carbonyl (C=O) groups is 1. The molecule has 1 heterocycles. The Morgan fingerprint density at radius 2 is 2.57 bits per heavy atom. The molecule has 0 saturated heterocycles. The van der Waals surface area contributed by atoms with E-state index in [2.05, 4.69) is 5.10 Å². The lowest BCUT2D eigenvalue weighted by Crippen LogP contribution is -2.00. The highest BCUT2D eigenvalue weighted by Crippen LogP contribution is 2.40. The van der Waals surface area contributed by atoms with Crippen LogP contribution in [0.3, 0.4) is 0 Å². The standard InChI is InChI=1S/C10H14N2O2/c1-2-12-6-7(5-11-12)3-8-4-9(8)10(13)14/h5-6,8-9H,2-4H2,1H3,(H,13,14)/t8-,9+/m0/s1. The molecule has 76 valence electrons. The third-order valence-electron chi connectivity index (χ3n) is 2.75. The van der Waals surface area contributed by atoms with Gasteiger partial charge in [-0.05, 0) is 31.2 Å². The Morgan fingerprint density at radius 3 is 3.07 bits per heavy atom. The first-order valence-electron chi connectivity index (χ1n) is 4.95. The molecule has 2 atom stereocenters. The first-order valence-corrected chi connectivity index (χ1v) is 4.95. The first-order chi connectivity index (χ1) is 6.70. The van der Waals surface area contributed by atoms with Crippen molar-refractivity contribution in [2.45, 2.75) is 26.3 Å². The van der Waals surface area contributed by atoms with Gasteiger partial charge in [0.1, 0.15) is 0 Å². The van der Waals surface area contributed by atoms with E-state index in [0.29, 0.717) is 5.92 Å². The summed E-state index contributed by atoms with van der Waals surface area (Å²) in [6.45, 7) is 2.90. The van der Waals surface area contributed by atoms with Crippen LogP contribution in [0.4, 0.5) is 0 Å². The molecule has 0 aromatic carbocycles. The molecule has 1 aromatic heterocycles. The fourth-order valence-corrected chi connectivity index (χ4v) is 1.76. The van der Waals surface area contributed by atoms with Crippen LogP contribution in [0.15, 0.2) is 12.4 Å². The monoisotopic (exact) mass is 194 g/mol. The molecule has 1 aliphatic rings. The van der Waals surface area contributed by atoms with Gasteiger partial charge in [0, 0.05) is 12.7 Å². The lowest BCUT2D eigenvalue weighted by Gasteiger charge is -1.93. The number of hydrogen-bond donors (Lipinski definition) is 1. The van der Waals surface area contributed by atoms with Gasteiger partial charge in [0.15, 0.2) is 0 Å². The quantitative estimate of drug-likeness (QED) is 0.782. The van der Waals surface area contributed by atoms with E-state index in [-0.39, 0.29) is 5.92 Å². The molecule has 1 N–H and O–H groups in total. The predicted molar refractivity (Wildman–Crippen MR) is 50.8 cm³/mol. The van der Waals surface area contributed by atoms with Gasteiger partial charge in [-0.3, -0.25) is 9.48 Å². The highest BCUT2D eigenvalue weighted by molar-refractivity contribution is 5.73. The number of aromatic nitrogens is 2. The summed E-state index contributed by atoms with van der Waals surface area (Å²) >= 11 is 0. The van der Waals surface area contributed by atoms with Gasteiger partial charge >= 0.3 is 5.97 Å².